The van der Waals surface area contributed by atoms with Crippen molar-refractivity contribution in [3.8, 4) is 0 Å². The van der Waals surface area contributed by atoms with Crippen molar-refractivity contribution in [1.82, 2.24) is 0 Å². The molecule has 0 amide bonds. The Morgan fingerprint density at radius 1 is 1.54 bits per heavy atom. The normalized spacial score (nSPS) is 10.0. The van der Waals surface area contributed by atoms with Crippen molar-refractivity contribution in [2.75, 3.05) is 11.6 Å². The minimum atomic E-state index is 0.0366. The van der Waals surface area contributed by atoms with E-state index in [1.54, 1.807) is 6.07 Å². The highest BCUT2D eigenvalue weighted by atomic mass is 35.5. The number of rotatable bonds is 3. The van der Waals surface area contributed by atoms with Gasteiger partial charge in [-0.15, -0.1) is 11.6 Å². The molecule has 0 radical (unpaired) electrons. The lowest BCUT2D eigenvalue weighted by Gasteiger charge is -2.04. The Morgan fingerprint density at radius 3 is 2.77 bits per heavy atom. The molecule has 0 unspecified atom stereocenters. The third kappa shape index (κ3) is 2.74. The SMILES string of the molecule is Cc1cc(N)ccc1CC(=O)CCl. The number of hydrogen-bond acceptors (Lipinski definition) is 2. The number of anilines is 1. The molecule has 2 nitrogen and oxygen atoms in total. The maximum atomic E-state index is 11.1. The highest BCUT2D eigenvalue weighted by molar-refractivity contribution is 6.27. The second-order valence-electron chi connectivity index (χ2n) is 3.04. The predicted molar refractivity (Wildman–Crippen MR) is 55.0 cm³/mol. The predicted octanol–water partition coefficient (Wildman–Crippen LogP) is 1.93. The lowest BCUT2D eigenvalue weighted by molar-refractivity contribution is -0.116. The van der Waals surface area contributed by atoms with Gasteiger partial charge in [-0.25, -0.2) is 0 Å². The quantitative estimate of drug-likeness (QED) is 0.595. The van der Waals surface area contributed by atoms with Crippen LogP contribution in [0.4, 0.5) is 5.69 Å². The van der Waals surface area contributed by atoms with E-state index < -0.39 is 0 Å². The zero-order chi connectivity index (χ0) is 9.84. The van der Waals surface area contributed by atoms with E-state index in [0.717, 1.165) is 16.8 Å². The van der Waals surface area contributed by atoms with Gasteiger partial charge in [0.2, 0.25) is 0 Å². The second-order valence-corrected chi connectivity index (χ2v) is 3.30. The molecular weight excluding hydrogens is 186 g/mol. The van der Waals surface area contributed by atoms with E-state index in [4.69, 9.17) is 17.3 Å². The van der Waals surface area contributed by atoms with Gasteiger partial charge >= 0.3 is 0 Å². The van der Waals surface area contributed by atoms with Crippen molar-refractivity contribution < 1.29 is 4.79 Å². The number of Topliss-reactive ketones (excluding diaryl/α,β-unsaturated/α-hetero) is 1. The number of nitrogens with two attached hydrogens (primary N) is 1. The van der Waals surface area contributed by atoms with Crippen LogP contribution >= 0.6 is 11.6 Å². The number of alkyl halides is 1. The van der Waals surface area contributed by atoms with Gasteiger partial charge < -0.3 is 5.73 Å². The molecule has 0 spiro atoms. The second kappa shape index (κ2) is 4.28. The highest BCUT2D eigenvalue weighted by Crippen LogP contribution is 2.13. The number of carbonyl (C=O) groups excluding carboxylic acids is 1. The van der Waals surface area contributed by atoms with Crippen LogP contribution in [0, 0.1) is 6.92 Å². The molecule has 70 valence electrons. The molecule has 0 fully saturated rings. The van der Waals surface area contributed by atoms with Crippen LogP contribution in [0.5, 0.6) is 0 Å². The van der Waals surface area contributed by atoms with E-state index in [0.29, 0.717) is 6.42 Å². The number of aryl methyl sites for hydroxylation is 1. The average molecular weight is 198 g/mol. The number of ketones is 1. The van der Waals surface area contributed by atoms with E-state index in [-0.39, 0.29) is 11.7 Å². The van der Waals surface area contributed by atoms with Crippen LogP contribution < -0.4 is 5.73 Å². The number of carbonyl (C=O) groups is 1. The molecule has 3 heteroatoms. The third-order valence-corrected chi connectivity index (χ3v) is 2.20. The molecule has 1 rings (SSSR count). The molecule has 0 saturated carbocycles. The summed E-state index contributed by atoms with van der Waals surface area (Å²) in [7, 11) is 0. The fourth-order valence-corrected chi connectivity index (χ4v) is 1.27. The van der Waals surface area contributed by atoms with Crippen molar-refractivity contribution in [2.45, 2.75) is 13.3 Å². The summed E-state index contributed by atoms with van der Waals surface area (Å²) in [4.78, 5) is 11.1. The Kier molecular flexibility index (Phi) is 3.32. The summed E-state index contributed by atoms with van der Waals surface area (Å²) in [5.74, 6) is 0.110. The summed E-state index contributed by atoms with van der Waals surface area (Å²) in [5.41, 5.74) is 8.34. The Morgan fingerprint density at radius 2 is 2.23 bits per heavy atom. The molecule has 0 atom stereocenters. The van der Waals surface area contributed by atoms with Gasteiger partial charge in [-0.05, 0) is 30.2 Å². The number of hydrogen-bond donors (Lipinski definition) is 1. The largest absolute Gasteiger partial charge is 0.399 e. The summed E-state index contributed by atoms with van der Waals surface area (Å²) in [6.07, 6.45) is 0.398. The van der Waals surface area contributed by atoms with Crippen LogP contribution in [-0.4, -0.2) is 11.7 Å². The molecule has 13 heavy (non-hydrogen) atoms. The molecule has 0 aliphatic heterocycles. The standard InChI is InChI=1S/C10H12ClNO/c1-7-4-9(12)3-2-8(7)5-10(13)6-11/h2-4H,5-6,12H2,1H3. The first kappa shape index (κ1) is 10.1. The lowest BCUT2D eigenvalue weighted by Crippen LogP contribution is -2.05. The molecule has 1 aromatic rings. The van der Waals surface area contributed by atoms with Crippen LogP contribution in [0.3, 0.4) is 0 Å². The van der Waals surface area contributed by atoms with Gasteiger partial charge in [0, 0.05) is 12.1 Å². The van der Waals surface area contributed by atoms with Crippen LogP contribution in [0.2, 0.25) is 0 Å². The Hall–Kier alpha value is -1.02. The van der Waals surface area contributed by atoms with Gasteiger partial charge in [0.15, 0.2) is 5.78 Å². The highest BCUT2D eigenvalue weighted by Gasteiger charge is 2.04. The van der Waals surface area contributed by atoms with Crippen molar-refractivity contribution in [3.05, 3.63) is 29.3 Å². The van der Waals surface area contributed by atoms with Crippen molar-refractivity contribution in [1.29, 1.82) is 0 Å². The first-order chi connectivity index (χ1) is 6.13. The van der Waals surface area contributed by atoms with Crippen molar-refractivity contribution >= 4 is 23.1 Å². The first-order valence-corrected chi connectivity index (χ1v) is 4.59. The topological polar surface area (TPSA) is 43.1 Å². The number of halogens is 1. The van der Waals surface area contributed by atoms with E-state index in [2.05, 4.69) is 0 Å². The maximum absolute atomic E-state index is 11.1. The smallest absolute Gasteiger partial charge is 0.151 e. The summed E-state index contributed by atoms with van der Waals surface area (Å²) in [5, 5.41) is 0. The summed E-state index contributed by atoms with van der Waals surface area (Å²) >= 11 is 5.41. The zero-order valence-corrected chi connectivity index (χ0v) is 8.27. The minimum absolute atomic E-state index is 0.0366. The van der Waals surface area contributed by atoms with Gasteiger partial charge in [-0.1, -0.05) is 6.07 Å². The Bertz CT molecular complexity index is 323. The summed E-state index contributed by atoms with van der Waals surface area (Å²) in [6.45, 7) is 1.94. The van der Waals surface area contributed by atoms with Gasteiger partial charge in [-0.3, -0.25) is 4.79 Å². The van der Waals surface area contributed by atoms with E-state index >= 15 is 0 Å². The molecule has 0 bridgehead atoms. The molecule has 0 saturated heterocycles. The van der Waals surface area contributed by atoms with Crippen LogP contribution in [-0.2, 0) is 11.2 Å². The van der Waals surface area contributed by atoms with Crippen LogP contribution in [0.25, 0.3) is 0 Å². The Labute approximate surface area is 82.7 Å². The fourth-order valence-electron chi connectivity index (χ4n) is 1.18. The fraction of sp³-hybridized carbons (Fsp3) is 0.300. The summed E-state index contributed by atoms with van der Waals surface area (Å²) in [6, 6.07) is 5.52. The van der Waals surface area contributed by atoms with Crippen LogP contribution in [0.15, 0.2) is 18.2 Å². The molecule has 2 N–H and O–H groups in total. The van der Waals surface area contributed by atoms with Crippen LogP contribution in [0.1, 0.15) is 11.1 Å². The number of nitrogen functional groups attached to an aromatic ring is 1. The van der Waals surface area contributed by atoms with Gasteiger partial charge in [0.25, 0.3) is 0 Å². The minimum Gasteiger partial charge on any atom is -0.399 e. The maximum Gasteiger partial charge on any atom is 0.151 e. The monoisotopic (exact) mass is 197 g/mol. The van der Waals surface area contributed by atoms with E-state index in [1.165, 1.54) is 0 Å². The molecule has 1 aromatic carbocycles. The van der Waals surface area contributed by atoms with Gasteiger partial charge in [-0.2, -0.15) is 0 Å². The molecule has 0 aliphatic rings. The zero-order valence-electron chi connectivity index (χ0n) is 7.51. The third-order valence-electron chi connectivity index (χ3n) is 1.90. The number of benzene rings is 1. The van der Waals surface area contributed by atoms with Crippen molar-refractivity contribution in [2.24, 2.45) is 0 Å². The van der Waals surface area contributed by atoms with Gasteiger partial charge in [0.1, 0.15) is 0 Å². The molecule has 0 aliphatic carbocycles. The molecule has 0 aromatic heterocycles. The van der Waals surface area contributed by atoms with Gasteiger partial charge in [0.05, 0.1) is 5.88 Å². The average Bonchev–Trinajstić information content (AvgIpc) is 2.09. The van der Waals surface area contributed by atoms with E-state index in [1.807, 2.05) is 19.1 Å². The molecular formula is C10H12ClNO. The van der Waals surface area contributed by atoms with Crippen molar-refractivity contribution in [3.63, 3.8) is 0 Å². The lowest BCUT2D eigenvalue weighted by atomic mass is 10.0. The summed E-state index contributed by atoms with van der Waals surface area (Å²) < 4.78 is 0. The molecule has 0 heterocycles. The Balaban J connectivity index is 2.83. The first-order valence-electron chi connectivity index (χ1n) is 4.06. The van der Waals surface area contributed by atoms with E-state index in [9.17, 15) is 4.79 Å².